The summed E-state index contributed by atoms with van der Waals surface area (Å²) in [5.74, 6) is 0.525. The second-order valence-corrected chi connectivity index (χ2v) is 4.03. The third kappa shape index (κ3) is 2.95. The van der Waals surface area contributed by atoms with E-state index in [2.05, 4.69) is 15.3 Å². The predicted octanol–water partition coefficient (Wildman–Crippen LogP) is 1.65. The average molecular weight is 244 g/mol. The number of nitrogens with zero attached hydrogens (tertiary/aromatic N) is 2. The molecular weight excluding hydrogens is 228 g/mol. The molecule has 1 aromatic heterocycles. The Labute approximate surface area is 106 Å². The molecule has 4 N–H and O–H groups in total. The van der Waals surface area contributed by atoms with Crippen LogP contribution in [0.4, 0.5) is 17.3 Å². The third-order valence-corrected chi connectivity index (χ3v) is 2.63. The van der Waals surface area contributed by atoms with Gasteiger partial charge in [-0.25, -0.2) is 9.97 Å². The van der Waals surface area contributed by atoms with Gasteiger partial charge in [0.05, 0.1) is 17.6 Å². The lowest BCUT2D eigenvalue weighted by atomic mass is 10.1. The number of benzene rings is 1. The Morgan fingerprint density at radius 3 is 2.61 bits per heavy atom. The van der Waals surface area contributed by atoms with E-state index in [0.717, 1.165) is 16.9 Å². The van der Waals surface area contributed by atoms with Gasteiger partial charge in [-0.1, -0.05) is 12.1 Å². The molecule has 0 fully saturated rings. The fraction of sp³-hybridized carbons (Fsp3) is 0.231. The van der Waals surface area contributed by atoms with E-state index in [9.17, 15) is 0 Å². The van der Waals surface area contributed by atoms with Gasteiger partial charge in [0.1, 0.15) is 0 Å². The normalized spacial score (nSPS) is 10.3. The summed E-state index contributed by atoms with van der Waals surface area (Å²) in [4.78, 5) is 8.35. The molecule has 0 saturated heterocycles. The standard InChI is InChI=1S/C13H16N4O/c1-9-12(14)8-15-13(16-9)17-11-4-2-10(3-5-11)6-7-18/h2-5,8,18H,6-7,14H2,1H3,(H,15,16,17). The minimum atomic E-state index is 0.160. The molecule has 2 aromatic rings. The first-order valence-corrected chi connectivity index (χ1v) is 5.75. The summed E-state index contributed by atoms with van der Waals surface area (Å²) in [6, 6.07) is 7.78. The van der Waals surface area contributed by atoms with Gasteiger partial charge < -0.3 is 16.2 Å². The highest BCUT2D eigenvalue weighted by Crippen LogP contribution is 2.15. The Bertz CT molecular complexity index is 525. The second kappa shape index (κ2) is 5.46. The van der Waals surface area contributed by atoms with Gasteiger partial charge >= 0.3 is 0 Å². The van der Waals surface area contributed by atoms with Crippen molar-refractivity contribution in [2.45, 2.75) is 13.3 Å². The van der Waals surface area contributed by atoms with E-state index in [0.29, 0.717) is 18.1 Å². The molecule has 0 amide bonds. The molecule has 1 aromatic carbocycles. The van der Waals surface area contributed by atoms with Crippen molar-refractivity contribution in [1.82, 2.24) is 9.97 Å². The Balaban J connectivity index is 2.10. The summed E-state index contributed by atoms with van der Waals surface area (Å²) in [5, 5.41) is 11.9. The zero-order chi connectivity index (χ0) is 13.0. The van der Waals surface area contributed by atoms with Crippen LogP contribution in [0, 0.1) is 6.92 Å². The van der Waals surface area contributed by atoms with E-state index in [-0.39, 0.29) is 6.61 Å². The van der Waals surface area contributed by atoms with Gasteiger partial charge in [0.2, 0.25) is 5.95 Å². The molecule has 0 unspecified atom stereocenters. The molecule has 0 saturated carbocycles. The van der Waals surface area contributed by atoms with Crippen LogP contribution in [0.5, 0.6) is 0 Å². The van der Waals surface area contributed by atoms with Crippen molar-refractivity contribution in [2.24, 2.45) is 0 Å². The van der Waals surface area contributed by atoms with E-state index in [1.54, 1.807) is 6.20 Å². The van der Waals surface area contributed by atoms with Crippen LogP contribution < -0.4 is 11.1 Å². The molecule has 0 aliphatic carbocycles. The number of hydrogen-bond donors (Lipinski definition) is 3. The summed E-state index contributed by atoms with van der Waals surface area (Å²) >= 11 is 0. The van der Waals surface area contributed by atoms with Crippen molar-refractivity contribution < 1.29 is 5.11 Å². The van der Waals surface area contributed by atoms with E-state index >= 15 is 0 Å². The smallest absolute Gasteiger partial charge is 0.227 e. The maximum absolute atomic E-state index is 8.83. The number of aromatic nitrogens is 2. The van der Waals surface area contributed by atoms with Crippen LogP contribution in [-0.4, -0.2) is 21.7 Å². The molecule has 5 nitrogen and oxygen atoms in total. The lowest BCUT2D eigenvalue weighted by molar-refractivity contribution is 0.299. The maximum Gasteiger partial charge on any atom is 0.227 e. The summed E-state index contributed by atoms with van der Waals surface area (Å²) < 4.78 is 0. The summed E-state index contributed by atoms with van der Waals surface area (Å²) in [5.41, 5.74) is 8.99. The monoisotopic (exact) mass is 244 g/mol. The third-order valence-electron chi connectivity index (χ3n) is 2.63. The van der Waals surface area contributed by atoms with Gasteiger partial charge in [-0.2, -0.15) is 0 Å². The molecule has 18 heavy (non-hydrogen) atoms. The minimum absolute atomic E-state index is 0.160. The van der Waals surface area contributed by atoms with Gasteiger partial charge in [-0.15, -0.1) is 0 Å². The maximum atomic E-state index is 8.83. The zero-order valence-electron chi connectivity index (χ0n) is 10.2. The number of aliphatic hydroxyl groups excluding tert-OH is 1. The van der Waals surface area contributed by atoms with E-state index in [4.69, 9.17) is 10.8 Å². The first-order valence-electron chi connectivity index (χ1n) is 5.75. The average Bonchev–Trinajstić information content (AvgIpc) is 2.37. The number of anilines is 3. The van der Waals surface area contributed by atoms with E-state index < -0.39 is 0 Å². The predicted molar refractivity (Wildman–Crippen MR) is 71.7 cm³/mol. The quantitative estimate of drug-likeness (QED) is 0.761. The molecule has 0 bridgehead atoms. The molecule has 0 spiro atoms. The van der Waals surface area contributed by atoms with Gasteiger partial charge in [0, 0.05) is 12.3 Å². The summed E-state index contributed by atoms with van der Waals surface area (Å²) in [6.07, 6.45) is 2.25. The number of nitrogens with two attached hydrogens (primary N) is 1. The van der Waals surface area contributed by atoms with Crippen molar-refractivity contribution in [3.63, 3.8) is 0 Å². The van der Waals surface area contributed by atoms with Crippen LogP contribution in [-0.2, 0) is 6.42 Å². The number of aliphatic hydroxyl groups is 1. The Morgan fingerprint density at radius 2 is 2.00 bits per heavy atom. The van der Waals surface area contributed by atoms with Crippen molar-refractivity contribution in [3.05, 3.63) is 41.7 Å². The minimum Gasteiger partial charge on any atom is -0.396 e. The highest BCUT2D eigenvalue weighted by Gasteiger charge is 2.01. The fourth-order valence-electron chi connectivity index (χ4n) is 1.55. The number of aryl methyl sites for hydroxylation is 1. The number of nitrogen functional groups attached to an aromatic ring is 1. The van der Waals surface area contributed by atoms with E-state index in [1.807, 2.05) is 31.2 Å². The van der Waals surface area contributed by atoms with Crippen molar-refractivity contribution >= 4 is 17.3 Å². The second-order valence-electron chi connectivity index (χ2n) is 4.03. The number of hydrogen-bond acceptors (Lipinski definition) is 5. The van der Waals surface area contributed by atoms with Crippen molar-refractivity contribution in [3.8, 4) is 0 Å². The van der Waals surface area contributed by atoms with Gasteiger partial charge in [-0.05, 0) is 31.0 Å². The van der Waals surface area contributed by atoms with Crippen LogP contribution >= 0.6 is 0 Å². The van der Waals surface area contributed by atoms with Crippen molar-refractivity contribution in [2.75, 3.05) is 17.7 Å². The fourth-order valence-corrected chi connectivity index (χ4v) is 1.55. The zero-order valence-corrected chi connectivity index (χ0v) is 10.2. The first-order chi connectivity index (χ1) is 8.69. The van der Waals surface area contributed by atoms with Gasteiger partial charge in [0.15, 0.2) is 0 Å². The number of rotatable bonds is 4. The summed E-state index contributed by atoms with van der Waals surface area (Å²) in [7, 11) is 0. The molecular formula is C13H16N4O. The lowest BCUT2D eigenvalue weighted by Crippen LogP contribution is -2.01. The molecule has 0 aliphatic heterocycles. The van der Waals surface area contributed by atoms with E-state index in [1.165, 1.54) is 0 Å². The summed E-state index contributed by atoms with van der Waals surface area (Å²) in [6.45, 7) is 2.00. The van der Waals surface area contributed by atoms with Gasteiger partial charge in [-0.3, -0.25) is 0 Å². The molecule has 1 heterocycles. The van der Waals surface area contributed by atoms with Crippen LogP contribution in [0.3, 0.4) is 0 Å². The Morgan fingerprint density at radius 1 is 1.28 bits per heavy atom. The van der Waals surface area contributed by atoms with Crippen LogP contribution in [0.2, 0.25) is 0 Å². The SMILES string of the molecule is Cc1nc(Nc2ccc(CCO)cc2)ncc1N. The highest BCUT2D eigenvalue weighted by molar-refractivity contribution is 5.55. The molecule has 0 aliphatic rings. The van der Waals surface area contributed by atoms with Crippen LogP contribution in [0.25, 0.3) is 0 Å². The van der Waals surface area contributed by atoms with Crippen LogP contribution in [0.15, 0.2) is 30.5 Å². The number of nitrogens with one attached hydrogen (secondary N) is 1. The topological polar surface area (TPSA) is 84.1 Å². The molecule has 0 atom stereocenters. The molecule has 5 heteroatoms. The van der Waals surface area contributed by atoms with Gasteiger partial charge in [0.25, 0.3) is 0 Å². The van der Waals surface area contributed by atoms with Crippen molar-refractivity contribution in [1.29, 1.82) is 0 Å². The molecule has 94 valence electrons. The first kappa shape index (κ1) is 12.3. The van der Waals surface area contributed by atoms with Crippen LogP contribution in [0.1, 0.15) is 11.3 Å². The Hall–Kier alpha value is -2.14. The molecule has 0 radical (unpaired) electrons. The highest BCUT2D eigenvalue weighted by atomic mass is 16.2. The Kier molecular flexibility index (Phi) is 3.74. The largest absolute Gasteiger partial charge is 0.396 e. The lowest BCUT2D eigenvalue weighted by Gasteiger charge is -2.07. The molecule has 2 rings (SSSR count).